The van der Waals surface area contributed by atoms with Crippen LogP contribution in [-0.2, 0) is 4.74 Å². The predicted molar refractivity (Wildman–Crippen MR) is 90.6 cm³/mol. The molecule has 0 saturated carbocycles. The van der Waals surface area contributed by atoms with Gasteiger partial charge in [-0.05, 0) is 42.8 Å². The number of carbonyl (C=O) groups is 1. The molecule has 0 fully saturated rings. The van der Waals surface area contributed by atoms with Gasteiger partial charge < -0.3 is 15.4 Å². The largest absolute Gasteiger partial charge is 0.383 e. The minimum Gasteiger partial charge on any atom is -0.383 e. The number of hydrogen-bond donors (Lipinski definition) is 2. The second kappa shape index (κ2) is 7.91. The number of aromatic nitrogens is 1. The zero-order valence-corrected chi connectivity index (χ0v) is 14.1. The average Bonchev–Trinajstić information content (AvgIpc) is 2.52. The van der Waals surface area contributed by atoms with E-state index in [1.165, 1.54) is 0 Å². The summed E-state index contributed by atoms with van der Waals surface area (Å²) in [6.45, 7) is 2.99. The Bertz CT molecular complexity index is 644. The number of ether oxygens (including phenoxy) is 1. The summed E-state index contributed by atoms with van der Waals surface area (Å²) in [4.78, 5) is 16.1. The molecule has 0 aliphatic carbocycles. The van der Waals surface area contributed by atoms with Gasteiger partial charge in [0.15, 0.2) is 0 Å². The molecular formula is C16H18BrN3O2. The molecule has 2 aromatic rings. The standard InChI is InChI=1S/C16H18BrN3O2/c1-11-9-13(4-5-14(11)17)20-15-6-3-12(10-19-15)16(21)18-7-8-22-2/h3-6,9-10H,7-8H2,1-2H3,(H,18,21)(H,19,20). The Labute approximate surface area is 138 Å². The van der Waals surface area contributed by atoms with E-state index in [9.17, 15) is 4.79 Å². The lowest BCUT2D eigenvalue weighted by Crippen LogP contribution is -2.26. The van der Waals surface area contributed by atoms with Gasteiger partial charge in [-0.2, -0.15) is 0 Å². The number of nitrogens with zero attached hydrogens (tertiary/aromatic N) is 1. The van der Waals surface area contributed by atoms with Gasteiger partial charge in [-0.25, -0.2) is 4.98 Å². The van der Waals surface area contributed by atoms with E-state index in [2.05, 4.69) is 31.5 Å². The Balaban J connectivity index is 1.99. The number of hydrogen-bond acceptors (Lipinski definition) is 4. The number of nitrogens with one attached hydrogen (secondary N) is 2. The maximum Gasteiger partial charge on any atom is 0.252 e. The summed E-state index contributed by atoms with van der Waals surface area (Å²) in [5, 5.41) is 5.96. The van der Waals surface area contributed by atoms with Crippen LogP contribution < -0.4 is 10.6 Å². The molecule has 1 amide bonds. The third kappa shape index (κ3) is 4.54. The maximum atomic E-state index is 11.8. The van der Waals surface area contributed by atoms with Gasteiger partial charge in [0.2, 0.25) is 0 Å². The molecule has 2 rings (SSSR count). The van der Waals surface area contributed by atoms with E-state index in [0.29, 0.717) is 24.5 Å². The summed E-state index contributed by atoms with van der Waals surface area (Å²) in [5.41, 5.74) is 2.61. The van der Waals surface area contributed by atoms with Crippen LogP contribution in [0, 0.1) is 6.92 Å². The van der Waals surface area contributed by atoms with Crippen molar-refractivity contribution in [1.29, 1.82) is 0 Å². The van der Waals surface area contributed by atoms with Crippen LogP contribution in [0.15, 0.2) is 41.0 Å². The van der Waals surface area contributed by atoms with Crippen LogP contribution in [0.5, 0.6) is 0 Å². The molecule has 0 saturated heterocycles. The monoisotopic (exact) mass is 363 g/mol. The number of benzene rings is 1. The van der Waals surface area contributed by atoms with Crippen molar-refractivity contribution < 1.29 is 9.53 Å². The predicted octanol–water partition coefficient (Wildman–Crippen LogP) is 3.27. The Morgan fingerprint density at radius 2 is 2.14 bits per heavy atom. The number of amides is 1. The fraction of sp³-hybridized carbons (Fsp3) is 0.250. The highest BCUT2D eigenvalue weighted by molar-refractivity contribution is 9.10. The molecule has 5 nitrogen and oxygen atoms in total. The van der Waals surface area contributed by atoms with Gasteiger partial charge in [-0.15, -0.1) is 0 Å². The van der Waals surface area contributed by atoms with E-state index in [1.54, 1.807) is 25.4 Å². The van der Waals surface area contributed by atoms with Crippen molar-refractivity contribution in [3.05, 3.63) is 52.1 Å². The first-order chi connectivity index (χ1) is 10.6. The lowest BCUT2D eigenvalue weighted by atomic mass is 10.2. The van der Waals surface area contributed by atoms with Crippen LogP contribution >= 0.6 is 15.9 Å². The van der Waals surface area contributed by atoms with Crippen molar-refractivity contribution in [3.8, 4) is 0 Å². The fourth-order valence-electron chi connectivity index (χ4n) is 1.84. The first kappa shape index (κ1) is 16.5. The average molecular weight is 364 g/mol. The number of rotatable bonds is 6. The van der Waals surface area contributed by atoms with Crippen molar-refractivity contribution in [2.24, 2.45) is 0 Å². The zero-order valence-electron chi connectivity index (χ0n) is 12.5. The molecule has 1 aromatic carbocycles. The summed E-state index contributed by atoms with van der Waals surface area (Å²) in [5.74, 6) is 0.533. The highest BCUT2D eigenvalue weighted by atomic mass is 79.9. The molecule has 1 aromatic heterocycles. The Hall–Kier alpha value is -1.92. The third-order valence-corrected chi connectivity index (χ3v) is 3.94. The van der Waals surface area contributed by atoms with E-state index in [4.69, 9.17) is 4.74 Å². The van der Waals surface area contributed by atoms with Crippen molar-refractivity contribution in [2.45, 2.75) is 6.92 Å². The summed E-state index contributed by atoms with van der Waals surface area (Å²) < 4.78 is 5.95. The van der Waals surface area contributed by atoms with Crippen molar-refractivity contribution in [3.63, 3.8) is 0 Å². The number of anilines is 2. The molecule has 6 heteroatoms. The van der Waals surface area contributed by atoms with E-state index in [-0.39, 0.29) is 5.91 Å². The quantitative estimate of drug-likeness (QED) is 0.773. The second-order valence-electron chi connectivity index (χ2n) is 4.77. The van der Waals surface area contributed by atoms with Crippen LogP contribution in [0.1, 0.15) is 15.9 Å². The number of pyridine rings is 1. The van der Waals surface area contributed by atoms with E-state index >= 15 is 0 Å². The van der Waals surface area contributed by atoms with Crippen molar-refractivity contribution in [2.75, 3.05) is 25.6 Å². The molecule has 22 heavy (non-hydrogen) atoms. The summed E-state index contributed by atoms with van der Waals surface area (Å²) in [6, 6.07) is 9.49. The van der Waals surface area contributed by atoms with Gasteiger partial charge in [-0.1, -0.05) is 15.9 Å². The smallest absolute Gasteiger partial charge is 0.252 e. The van der Waals surface area contributed by atoms with Gasteiger partial charge >= 0.3 is 0 Å². The molecule has 116 valence electrons. The molecule has 0 bridgehead atoms. The second-order valence-corrected chi connectivity index (χ2v) is 5.62. The minimum absolute atomic E-state index is 0.157. The fourth-order valence-corrected chi connectivity index (χ4v) is 2.09. The van der Waals surface area contributed by atoms with Gasteiger partial charge in [0.05, 0.1) is 12.2 Å². The SMILES string of the molecule is COCCNC(=O)c1ccc(Nc2ccc(Br)c(C)c2)nc1. The summed E-state index contributed by atoms with van der Waals surface area (Å²) in [6.07, 6.45) is 1.55. The molecule has 1 heterocycles. The minimum atomic E-state index is -0.157. The molecule has 0 aliphatic rings. The molecule has 0 atom stereocenters. The summed E-state index contributed by atoms with van der Waals surface area (Å²) in [7, 11) is 1.60. The molecule has 2 N–H and O–H groups in total. The highest BCUT2D eigenvalue weighted by Gasteiger charge is 2.06. The molecule has 0 radical (unpaired) electrons. The van der Waals surface area contributed by atoms with Gasteiger partial charge in [0.1, 0.15) is 5.82 Å². The lowest BCUT2D eigenvalue weighted by Gasteiger charge is -2.08. The number of carbonyl (C=O) groups excluding carboxylic acids is 1. The van der Waals surface area contributed by atoms with Crippen molar-refractivity contribution in [1.82, 2.24) is 10.3 Å². The highest BCUT2D eigenvalue weighted by Crippen LogP contribution is 2.22. The zero-order chi connectivity index (χ0) is 15.9. The number of halogens is 1. The van der Waals surface area contributed by atoms with E-state index in [1.807, 2.05) is 25.1 Å². The van der Waals surface area contributed by atoms with Gasteiger partial charge in [-0.3, -0.25) is 4.79 Å². The van der Waals surface area contributed by atoms with Crippen molar-refractivity contribution >= 4 is 33.3 Å². The third-order valence-electron chi connectivity index (χ3n) is 3.05. The number of methoxy groups -OCH3 is 1. The van der Waals surface area contributed by atoms with E-state index < -0.39 is 0 Å². The Morgan fingerprint density at radius 3 is 2.77 bits per heavy atom. The van der Waals surface area contributed by atoms with Crippen LogP contribution in [0.4, 0.5) is 11.5 Å². The van der Waals surface area contributed by atoms with Crippen LogP contribution in [0.25, 0.3) is 0 Å². The maximum absolute atomic E-state index is 11.8. The lowest BCUT2D eigenvalue weighted by molar-refractivity contribution is 0.0937. The summed E-state index contributed by atoms with van der Waals surface area (Å²) >= 11 is 3.47. The molecule has 0 unspecified atom stereocenters. The van der Waals surface area contributed by atoms with E-state index in [0.717, 1.165) is 15.7 Å². The van der Waals surface area contributed by atoms with Gasteiger partial charge in [0, 0.05) is 30.0 Å². The van der Waals surface area contributed by atoms with Gasteiger partial charge in [0.25, 0.3) is 5.91 Å². The Kier molecular flexibility index (Phi) is 5.91. The normalized spacial score (nSPS) is 10.3. The first-order valence-electron chi connectivity index (χ1n) is 6.86. The molecule has 0 spiro atoms. The van der Waals surface area contributed by atoms with Crippen LogP contribution in [0.2, 0.25) is 0 Å². The van der Waals surface area contributed by atoms with Crippen LogP contribution in [0.3, 0.4) is 0 Å². The Morgan fingerprint density at radius 1 is 1.32 bits per heavy atom. The topological polar surface area (TPSA) is 63.2 Å². The molecular weight excluding hydrogens is 346 g/mol. The first-order valence-corrected chi connectivity index (χ1v) is 7.66. The number of aryl methyl sites for hydroxylation is 1. The van der Waals surface area contributed by atoms with Crippen LogP contribution in [-0.4, -0.2) is 31.2 Å². The molecule has 0 aliphatic heterocycles.